The molecule has 0 saturated carbocycles. The van der Waals surface area contributed by atoms with Crippen LogP contribution in [0.15, 0.2) is 39.4 Å². The first kappa shape index (κ1) is 19.0. The van der Waals surface area contributed by atoms with Crippen LogP contribution >= 0.6 is 15.9 Å². The van der Waals surface area contributed by atoms with E-state index in [1.54, 1.807) is 12.1 Å². The standard InChI is InChI=1S/C15H14BrF2N3O4S/c1-21-12(7-11(20-26(21,23)24)13-3-2-4-25-13)15(22)19-14-9(16)5-8(17)6-10(14)18/h2-6,11-12,20H,7H2,1H3,(H,19,22)/t11-,12+/m0/s1. The van der Waals surface area contributed by atoms with E-state index < -0.39 is 39.8 Å². The molecule has 2 aromatic rings. The van der Waals surface area contributed by atoms with Crippen molar-refractivity contribution in [2.75, 3.05) is 12.4 Å². The Labute approximate surface area is 156 Å². The quantitative estimate of drug-likeness (QED) is 0.752. The highest BCUT2D eigenvalue weighted by atomic mass is 79.9. The van der Waals surface area contributed by atoms with Gasteiger partial charge < -0.3 is 9.73 Å². The Morgan fingerprint density at radius 3 is 2.77 bits per heavy atom. The van der Waals surface area contributed by atoms with Crippen molar-refractivity contribution in [2.45, 2.75) is 18.5 Å². The zero-order valence-electron chi connectivity index (χ0n) is 13.4. The summed E-state index contributed by atoms with van der Waals surface area (Å²) < 4.78 is 60.2. The van der Waals surface area contributed by atoms with Gasteiger partial charge in [0.25, 0.3) is 10.2 Å². The molecule has 2 atom stereocenters. The lowest BCUT2D eigenvalue weighted by molar-refractivity contribution is -0.120. The minimum absolute atomic E-state index is 0.00498. The molecule has 1 fully saturated rings. The number of amides is 1. The number of rotatable bonds is 3. The fourth-order valence-electron chi connectivity index (χ4n) is 2.65. The van der Waals surface area contributed by atoms with E-state index in [4.69, 9.17) is 4.42 Å². The van der Waals surface area contributed by atoms with Gasteiger partial charge in [-0.2, -0.15) is 17.4 Å². The van der Waals surface area contributed by atoms with Crippen LogP contribution in [0.1, 0.15) is 18.2 Å². The van der Waals surface area contributed by atoms with Gasteiger partial charge in [-0.05, 0) is 40.5 Å². The molecule has 1 saturated heterocycles. The fraction of sp³-hybridized carbons (Fsp3) is 0.267. The number of hydrogen-bond acceptors (Lipinski definition) is 4. The molecule has 3 rings (SSSR count). The Kier molecular flexibility index (Phi) is 5.15. The summed E-state index contributed by atoms with van der Waals surface area (Å²) in [6, 6.07) is 2.93. The molecule has 0 spiro atoms. The predicted octanol–water partition coefficient (Wildman–Crippen LogP) is 2.54. The number of furan rings is 1. The molecule has 1 aliphatic heterocycles. The van der Waals surface area contributed by atoms with E-state index in [-0.39, 0.29) is 16.6 Å². The number of nitrogens with one attached hydrogen (secondary N) is 2. The third-order valence-corrected chi connectivity index (χ3v) is 6.23. The van der Waals surface area contributed by atoms with Gasteiger partial charge in [0.05, 0.1) is 18.0 Å². The second kappa shape index (κ2) is 7.06. The normalized spacial score (nSPS) is 22.9. The highest BCUT2D eigenvalue weighted by molar-refractivity contribution is 9.10. The lowest BCUT2D eigenvalue weighted by atomic mass is 10.0. The van der Waals surface area contributed by atoms with E-state index in [1.165, 1.54) is 13.3 Å². The number of halogens is 3. The second-order valence-corrected chi connectivity index (χ2v) is 8.31. The Morgan fingerprint density at radius 1 is 1.42 bits per heavy atom. The number of nitrogens with zero attached hydrogens (tertiary/aromatic N) is 1. The maximum absolute atomic E-state index is 13.9. The smallest absolute Gasteiger partial charge is 0.280 e. The fourth-order valence-corrected chi connectivity index (χ4v) is 4.42. The van der Waals surface area contributed by atoms with Gasteiger partial charge in [0, 0.05) is 17.6 Å². The molecule has 2 heterocycles. The lowest BCUT2D eigenvalue weighted by Gasteiger charge is -2.35. The third kappa shape index (κ3) is 3.65. The molecule has 0 unspecified atom stereocenters. The van der Waals surface area contributed by atoms with Crippen LogP contribution in [0.25, 0.3) is 0 Å². The summed E-state index contributed by atoms with van der Waals surface area (Å²) in [5.74, 6) is -2.19. The van der Waals surface area contributed by atoms with Crippen LogP contribution in [-0.2, 0) is 15.0 Å². The molecule has 11 heteroatoms. The van der Waals surface area contributed by atoms with E-state index >= 15 is 0 Å². The lowest BCUT2D eigenvalue weighted by Crippen LogP contribution is -2.55. The van der Waals surface area contributed by atoms with Crippen LogP contribution in [0, 0.1) is 11.6 Å². The van der Waals surface area contributed by atoms with Gasteiger partial charge in [-0.15, -0.1) is 0 Å². The van der Waals surface area contributed by atoms with Crippen molar-refractivity contribution >= 4 is 37.7 Å². The number of benzene rings is 1. The van der Waals surface area contributed by atoms with Gasteiger partial charge in [0.1, 0.15) is 17.6 Å². The average Bonchev–Trinajstić information content (AvgIpc) is 3.07. The van der Waals surface area contributed by atoms with Crippen molar-refractivity contribution in [3.8, 4) is 0 Å². The van der Waals surface area contributed by atoms with Gasteiger partial charge in [0.15, 0.2) is 5.82 Å². The van der Waals surface area contributed by atoms with Gasteiger partial charge in [-0.1, -0.05) is 0 Å². The Morgan fingerprint density at radius 2 is 2.15 bits per heavy atom. The molecule has 7 nitrogen and oxygen atoms in total. The van der Waals surface area contributed by atoms with E-state index in [2.05, 4.69) is 26.0 Å². The van der Waals surface area contributed by atoms with Gasteiger partial charge >= 0.3 is 0 Å². The topological polar surface area (TPSA) is 91.7 Å². The zero-order valence-corrected chi connectivity index (χ0v) is 15.8. The number of carbonyl (C=O) groups excluding carboxylic acids is 1. The van der Waals surface area contributed by atoms with Crippen molar-refractivity contribution in [2.24, 2.45) is 0 Å². The highest BCUT2D eigenvalue weighted by Gasteiger charge is 2.41. The Hall–Kier alpha value is -1.82. The molecule has 1 aliphatic rings. The molecule has 0 aliphatic carbocycles. The van der Waals surface area contributed by atoms with Crippen molar-refractivity contribution in [1.82, 2.24) is 9.03 Å². The number of carbonyl (C=O) groups is 1. The molecule has 2 N–H and O–H groups in total. The van der Waals surface area contributed by atoms with Crippen LogP contribution in [0.5, 0.6) is 0 Å². The monoisotopic (exact) mass is 449 g/mol. The Balaban J connectivity index is 1.88. The maximum Gasteiger partial charge on any atom is 0.280 e. The summed E-state index contributed by atoms with van der Waals surface area (Å²) in [4.78, 5) is 12.6. The molecular formula is C15H14BrF2N3O4S. The second-order valence-electron chi connectivity index (χ2n) is 5.69. The first-order valence-electron chi connectivity index (χ1n) is 7.43. The molecule has 0 bridgehead atoms. The maximum atomic E-state index is 13.9. The summed E-state index contributed by atoms with van der Waals surface area (Å²) >= 11 is 2.98. The number of anilines is 1. The zero-order chi connectivity index (χ0) is 19.1. The Bertz CT molecular complexity index is 913. The van der Waals surface area contributed by atoms with Crippen molar-refractivity contribution < 1.29 is 26.4 Å². The molecule has 26 heavy (non-hydrogen) atoms. The van der Waals surface area contributed by atoms with Crippen LogP contribution in [0.4, 0.5) is 14.5 Å². The molecule has 0 radical (unpaired) electrons. The van der Waals surface area contributed by atoms with Crippen LogP contribution in [0.2, 0.25) is 0 Å². The first-order chi connectivity index (χ1) is 12.2. The average molecular weight is 450 g/mol. The SMILES string of the molecule is CN1[C@@H](C(=O)Nc2c(F)cc(F)cc2Br)C[C@@H](c2ccco2)NS1(=O)=O. The summed E-state index contributed by atoms with van der Waals surface area (Å²) in [5.41, 5.74) is -0.268. The van der Waals surface area contributed by atoms with Gasteiger partial charge in [-0.3, -0.25) is 4.79 Å². The highest BCUT2D eigenvalue weighted by Crippen LogP contribution is 2.31. The minimum Gasteiger partial charge on any atom is -0.468 e. The third-order valence-electron chi connectivity index (χ3n) is 4.01. The first-order valence-corrected chi connectivity index (χ1v) is 9.66. The molecule has 1 aromatic carbocycles. The number of likely N-dealkylation sites (N-methyl/N-ethyl adjacent to an activating group) is 1. The van der Waals surface area contributed by atoms with E-state index in [0.717, 1.165) is 10.4 Å². The summed E-state index contributed by atoms with van der Waals surface area (Å²) in [7, 11) is -2.72. The van der Waals surface area contributed by atoms with Crippen molar-refractivity contribution in [3.63, 3.8) is 0 Å². The van der Waals surface area contributed by atoms with Crippen molar-refractivity contribution in [1.29, 1.82) is 0 Å². The van der Waals surface area contributed by atoms with Crippen LogP contribution < -0.4 is 10.0 Å². The number of hydrogen-bond donors (Lipinski definition) is 2. The van der Waals surface area contributed by atoms with Crippen molar-refractivity contribution in [3.05, 3.63) is 52.4 Å². The molecule has 1 aromatic heterocycles. The predicted molar refractivity (Wildman–Crippen MR) is 92.4 cm³/mol. The summed E-state index contributed by atoms with van der Waals surface area (Å²) in [6.07, 6.45) is 1.46. The van der Waals surface area contributed by atoms with Crippen LogP contribution in [0.3, 0.4) is 0 Å². The minimum atomic E-state index is -3.95. The van der Waals surface area contributed by atoms with E-state index in [9.17, 15) is 22.0 Å². The van der Waals surface area contributed by atoms with E-state index in [1.807, 2.05) is 0 Å². The molecular weight excluding hydrogens is 436 g/mol. The summed E-state index contributed by atoms with van der Waals surface area (Å²) in [5, 5.41) is 2.32. The van der Waals surface area contributed by atoms with Crippen LogP contribution in [-0.4, -0.2) is 31.7 Å². The van der Waals surface area contributed by atoms with E-state index in [0.29, 0.717) is 11.8 Å². The van der Waals surface area contributed by atoms with Gasteiger partial charge in [0.2, 0.25) is 5.91 Å². The molecule has 140 valence electrons. The largest absolute Gasteiger partial charge is 0.468 e. The summed E-state index contributed by atoms with van der Waals surface area (Å²) in [6.45, 7) is 0. The molecule has 1 amide bonds. The van der Waals surface area contributed by atoms with Gasteiger partial charge in [-0.25, -0.2) is 8.78 Å².